The standard InChI is InChI=1S/C23H27N3O6/c1-5-30-18-9-7-6-8-16(18)25-20(27)13-26-17-12-15(24-22(29)32-23(2,3)4)10-11-19(17)31-14-21(26)28/h6-12H,5,13-14H2,1-4H3,(H,24,29)(H,25,27). The Morgan fingerprint density at radius 2 is 1.88 bits per heavy atom. The van der Waals surface area contributed by atoms with Crippen LogP contribution < -0.4 is 25.0 Å². The normalized spacial score (nSPS) is 13.0. The zero-order chi connectivity index (χ0) is 23.3. The van der Waals surface area contributed by atoms with E-state index >= 15 is 0 Å². The minimum Gasteiger partial charge on any atom is -0.492 e. The Morgan fingerprint density at radius 3 is 2.59 bits per heavy atom. The van der Waals surface area contributed by atoms with Crippen LogP contribution in [0.4, 0.5) is 21.9 Å². The molecule has 0 radical (unpaired) electrons. The smallest absolute Gasteiger partial charge is 0.412 e. The van der Waals surface area contributed by atoms with Crippen LogP contribution in [0.15, 0.2) is 42.5 Å². The van der Waals surface area contributed by atoms with E-state index in [9.17, 15) is 14.4 Å². The van der Waals surface area contributed by atoms with E-state index in [1.165, 1.54) is 4.90 Å². The van der Waals surface area contributed by atoms with E-state index in [1.807, 2.05) is 13.0 Å². The van der Waals surface area contributed by atoms with E-state index in [1.54, 1.807) is 57.2 Å². The minimum absolute atomic E-state index is 0.186. The summed E-state index contributed by atoms with van der Waals surface area (Å²) in [6.45, 7) is 7.17. The van der Waals surface area contributed by atoms with Crippen molar-refractivity contribution in [2.75, 3.05) is 35.3 Å². The highest BCUT2D eigenvalue weighted by molar-refractivity contribution is 6.05. The van der Waals surface area contributed by atoms with Gasteiger partial charge >= 0.3 is 6.09 Å². The molecule has 0 bridgehead atoms. The summed E-state index contributed by atoms with van der Waals surface area (Å²) in [6.07, 6.45) is -0.627. The second-order valence-electron chi connectivity index (χ2n) is 8.06. The molecule has 9 nitrogen and oxygen atoms in total. The maximum Gasteiger partial charge on any atom is 0.412 e. The molecule has 0 fully saturated rings. The lowest BCUT2D eigenvalue weighted by Crippen LogP contribution is -2.43. The van der Waals surface area contributed by atoms with Crippen molar-refractivity contribution < 1.29 is 28.6 Å². The number of rotatable bonds is 6. The molecule has 1 heterocycles. The van der Waals surface area contributed by atoms with Crippen molar-refractivity contribution in [2.45, 2.75) is 33.3 Å². The average molecular weight is 441 g/mol. The predicted octanol–water partition coefficient (Wildman–Crippen LogP) is 3.80. The lowest BCUT2D eigenvalue weighted by molar-refractivity contribution is -0.123. The van der Waals surface area contributed by atoms with Gasteiger partial charge in [-0.25, -0.2) is 4.79 Å². The van der Waals surface area contributed by atoms with E-state index in [0.717, 1.165) is 0 Å². The molecular weight excluding hydrogens is 414 g/mol. The highest BCUT2D eigenvalue weighted by Crippen LogP contribution is 2.35. The second-order valence-corrected chi connectivity index (χ2v) is 8.06. The zero-order valence-electron chi connectivity index (χ0n) is 18.6. The van der Waals surface area contributed by atoms with E-state index in [0.29, 0.717) is 35.2 Å². The number of nitrogens with one attached hydrogen (secondary N) is 2. The molecule has 0 aromatic heterocycles. The lowest BCUT2D eigenvalue weighted by atomic mass is 10.2. The van der Waals surface area contributed by atoms with Crippen molar-refractivity contribution in [1.29, 1.82) is 0 Å². The molecule has 0 aliphatic carbocycles. The molecule has 0 saturated heterocycles. The van der Waals surface area contributed by atoms with Gasteiger partial charge in [0, 0.05) is 5.69 Å². The van der Waals surface area contributed by atoms with Crippen LogP contribution in [0.3, 0.4) is 0 Å². The van der Waals surface area contributed by atoms with Gasteiger partial charge in [-0.2, -0.15) is 0 Å². The number of hydrogen-bond acceptors (Lipinski definition) is 6. The van der Waals surface area contributed by atoms with E-state index in [-0.39, 0.29) is 19.1 Å². The number of carbonyl (C=O) groups excluding carboxylic acids is 3. The van der Waals surface area contributed by atoms with Gasteiger partial charge in [0.05, 0.1) is 18.0 Å². The monoisotopic (exact) mass is 441 g/mol. The Morgan fingerprint density at radius 1 is 1.12 bits per heavy atom. The van der Waals surface area contributed by atoms with E-state index < -0.39 is 17.6 Å². The van der Waals surface area contributed by atoms with Crippen LogP contribution in [0, 0.1) is 0 Å². The summed E-state index contributed by atoms with van der Waals surface area (Å²) in [7, 11) is 0. The van der Waals surface area contributed by atoms with Crippen molar-refractivity contribution in [1.82, 2.24) is 0 Å². The van der Waals surface area contributed by atoms with Gasteiger partial charge in [0.25, 0.3) is 5.91 Å². The highest BCUT2D eigenvalue weighted by atomic mass is 16.6. The van der Waals surface area contributed by atoms with Gasteiger partial charge in [-0.3, -0.25) is 19.8 Å². The number of ether oxygens (including phenoxy) is 3. The number of carbonyl (C=O) groups is 3. The number of amides is 3. The van der Waals surface area contributed by atoms with Crippen molar-refractivity contribution in [3.63, 3.8) is 0 Å². The van der Waals surface area contributed by atoms with Crippen LogP contribution in [0.1, 0.15) is 27.7 Å². The number of fused-ring (bicyclic) bond motifs is 1. The topological polar surface area (TPSA) is 106 Å². The van der Waals surface area contributed by atoms with Gasteiger partial charge in [-0.1, -0.05) is 12.1 Å². The third-order valence-corrected chi connectivity index (χ3v) is 4.31. The van der Waals surface area contributed by atoms with Gasteiger partial charge in [0.1, 0.15) is 23.6 Å². The minimum atomic E-state index is -0.653. The van der Waals surface area contributed by atoms with Crippen LogP contribution in [-0.4, -0.2) is 43.3 Å². The first-order valence-corrected chi connectivity index (χ1v) is 10.2. The van der Waals surface area contributed by atoms with Gasteiger partial charge < -0.3 is 19.5 Å². The molecule has 0 unspecified atom stereocenters. The van der Waals surface area contributed by atoms with Crippen LogP contribution in [0.25, 0.3) is 0 Å². The fourth-order valence-corrected chi connectivity index (χ4v) is 3.06. The Kier molecular flexibility index (Phi) is 6.87. The second kappa shape index (κ2) is 9.59. The summed E-state index contributed by atoms with van der Waals surface area (Å²) in [4.78, 5) is 38.6. The largest absolute Gasteiger partial charge is 0.492 e. The maximum atomic E-state index is 12.7. The summed E-state index contributed by atoms with van der Waals surface area (Å²) in [6, 6.07) is 11.9. The molecule has 9 heteroatoms. The molecule has 3 rings (SSSR count). The molecule has 32 heavy (non-hydrogen) atoms. The first-order valence-electron chi connectivity index (χ1n) is 10.2. The molecule has 2 aromatic carbocycles. The number of hydrogen-bond donors (Lipinski definition) is 2. The Balaban J connectivity index is 1.76. The molecular formula is C23H27N3O6. The van der Waals surface area contributed by atoms with E-state index in [4.69, 9.17) is 14.2 Å². The third kappa shape index (κ3) is 5.90. The number of para-hydroxylation sites is 2. The molecule has 170 valence electrons. The molecule has 0 atom stereocenters. The molecule has 2 N–H and O–H groups in total. The SMILES string of the molecule is CCOc1ccccc1NC(=O)CN1C(=O)COc2ccc(NC(=O)OC(C)(C)C)cc21. The molecule has 3 amide bonds. The highest BCUT2D eigenvalue weighted by Gasteiger charge is 2.28. The fraction of sp³-hybridized carbons (Fsp3) is 0.348. The van der Waals surface area contributed by atoms with Crippen molar-refractivity contribution >= 4 is 35.0 Å². The molecule has 1 aliphatic rings. The van der Waals surface area contributed by atoms with Crippen molar-refractivity contribution in [3.05, 3.63) is 42.5 Å². The fourth-order valence-electron chi connectivity index (χ4n) is 3.06. The molecule has 2 aromatic rings. The third-order valence-electron chi connectivity index (χ3n) is 4.31. The average Bonchev–Trinajstić information content (AvgIpc) is 2.70. The number of anilines is 3. The zero-order valence-corrected chi connectivity index (χ0v) is 18.6. The maximum absolute atomic E-state index is 12.7. The summed E-state index contributed by atoms with van der Waals surface area (Å²) in [5.74, 6) is 0.201. The number of benzene rings is 2. The summed E-state index contributed by atoms with van der Waals surface area (Å²) < 4.78 is 16.3. The predicted molar refractivity (Wildman–Crippen MR) is 120 cm³/mol. The van der Waals surface area contributed by atoms with Crippen LogP contribution in [0.5, 0.6) is 11.5 Å². The van der Waals surface area contributed by atoms with Crippen LogP contribution >= 0.6 is 0 Å². The van der Waals surface area contributed by atoms with Gasteiger partial charge in [-0.05, 0) is 58.0 Å². The quantitative estimate of drug-likeness (QED) is 0.706. The van der Waals surface area contributed by atoms with Gasteiger partial charge in [0.15, 0.2) is 6.61 Å². The van der Waals surface area contributed by atoms with Gasteiger partial charge in [-0.15, -0.1) is 0 Å². The molecule has 1 aliphatic heterocycles. The van der Waals surface area contributed by atoms with Crippen molar-refractivity contribution in [2.24, 2.45) is 0 Å². The number of nitrogens with zero attached hydrogens (tertiary/aromatic N) is 1. The lowest BCUT2D eigenvalue weighted by Gasteiger charge is -2.29. The first-order chi connectivity index (χ1) is 15.2. The van der Waals surface area contributed by atoms with Crippen LogP contribution in [-0.2, 0) is 14.3 Å². The van der Waals surface area contributed by atoms with Gasteiger partial charge in [0.2, 0.25) is 5.91 Å². The Bertz CT molecular complexity index is 1020. The summed E-state index contributed by atoms with van der Waals surface area (Å²) in [5, 5.41) is 5.41. The Hall–Kier alpha value is -3.75. The molecule has 0 saturated carbocycles. The Labute approximate surface area is 186 Å². The van der Waals surface area contributed by atoms with E-state index in [2.05, 4.69) is 10.6 Å². The summed E-state index contributed by atoms with van der Waals surface area (Å²) >= 11 is 0. The van der Waals surface area contributed by atoms with Crippen molar-refractivity contribution in [3.8, 4) is 11.5 Å². The van der Waals surface area contributed by atoms with Crippen LogP contribution in [0.2, 0.25) is 0 Å². The molecule has 0 spiro atoms. The summed E-state index contributed by atoms with van der Waals surface area (Å²) in [5.41, 5.74) is 0.645. The first kappa shape index (κ1) is 22.9.